The van der Waals surface area contributed by atoms with E-state index >= 15 is 0 Å². The Hall–Kier alpha value is -0.610. The van der Waals surface area contributed by atoms with Crippen LogP contribution in [0.25, 0.3) is 0 Å². The first kappa shape index (κ1) is 15.4. The lowest BCUT2D eigenvalue weighted by molar-refractivity contribution is -0.143. The predicted octanol–water partition coefficient (Wildman–Crippen LogP) is 1.51. The highest BCUT2D eigenvalue weighted by atomic mass is 16.5. The minimum absolute atomic E-state index is 0.144. The van der Waals surface area contributed by atoms with E-state index in [-0.39, 0.29) is 12.0 Å². The van der Waals surface area contributed by atoms with Gasteiger partial charge in [0.05, 0.1) is 7.11 Å². The number of likely N-dealkylation sites (tertiary alicyclic amines) is 1. The molecule has 1 saturated heterocycles. The Balaban J connectivity index is 2.38. The van der Waals surface area contributed by atoms with E-state index in [1.165, 1.54) is 13.5 Å². The number of nitrogens with one attached hydrogen (secondary N) is 1. The number of esters is 1. The minimum Gasteiger partial charge on any atom is -0.468 e. The van der Waals surface area contributed by atoms with E-state index in [0.29, 0.717) is 0 Å². The zero-order chi connectivity index (χ0) is 13.5. The van der Waals surface area contributed by atoms with Crippen molar-refractivity contribution in [3.63, 3.8) is 0 Å². The maximum absolute atomic E-state index is 11.6. The Morgan fingerprint density at radius 1 is 1.39 bits per heavy atom. The number of piperidine rings is 1. The summed E-state index contributed by atoms with van der Waals surface area (Å²) in [4.78, 5) is 14.1. The molecule has 1 rings (SSSR count). The molecule has 1 fully saturated rings. The summed E-state index contributed by atoms with van der Waals surface area (Å²) in [6.45, 7) is 10.7. The van der Waals surface area contributed by atoms with Gasteiger partial charge in [-0.05, 0) is 31.2 Å². The number of ether oxygens (including phenoxy) is 1. The van der Waals surface area contributed by atoms with Gasteiger partial charge in [-0.3, -0.25) is 4.79 Å². The fourth-order valence-corrected chi connectivity index (χ4v) is 2.98. The van der Waals surface area contributed by atoms with Crippen molar-refractivity contribution in [2.75, 3.05) is 33.3 Å². The first-order valence-corrected chi connectivity index (χ1v) is 7.10. The van der Waals surface area contributed by atoms with Gasteiger partial charge in [0, 0.05) is 19.6 Å². The molecule has 0 aromatic rings. The van der Waals surface area contributed by atoms with Gasteiger partial charge < -0.3 is 15.0 Å². The molecule has 3 atom stereocenters. The van der Waals surface area contributed by atoms with Crippen molar-refractivity contribution in [1.29, 1.82) is 0 Å². The molecule has 1 aliphatic heterocycles. The van der Waals surface area contributed by atoms with Crippen LogP contribution in [0.5, 0.6) is 0 Å². The third-order valence-electron chi connectivity index (χ3n) is 3.61. The summed E-state index contributed by atoms with van der Waals surface area (Å²) in [5.41, 5.74) is 0. The van der Waals surface area contributed by atoms with E-state index in [0.717, 1.165) is 44.4 Å². The quantitative estimate of drug-likeness (QED) is 0.731. The van der Waals surface area contributed by atoms with Gasteiger partial charge >= 0.3 is 5.97 Å². The van der Waals surface area contributed by atoms with Crippen molar-refractivity contribution in [2.45, 2.75) is 39.7 Å². The molecule has 1 heterocycles. The third-order valence-corrected chi connectivity index (χ3v) is 3.61. The first-order chi connectivity index (χ1) is 8.56. The van der Waals surface area contributed by atoms with Crippen molar-refractivity contribution in [3.8, 4) is 0 Å². The maximum Gasteiger partial charge on any atom is 0.322 e. The summed E-state index contributed by atoms with van der Waals surface area (Å²) in [6.07, 6.45) is 2.16. The number of carbonyl (C=O) groups excluding carboxylic acids is 1. The number of hydrogen-bond donors (Lipinski definition) is 1. The molecule has 0 bridgehead atoms. The molecule has 0 saturated carbocycles. The lowest BCUT2D eigenvalue weighted by atomic mass is 9.91. The molecule has 0 aromatic carbocycles. The van der Waals surface area contributed by atoms with Crippen LogP contribution in [-0.4, -0.2) is 50.2 Å². The normalized spacial score (nSPS) is 26.9. The van der Waals surface area contributed by atoms with Crippen LogP contribution in [-0.2, 0) is 9.53 Å². The molecule has 1 aliphatic rings. The highest BCUT2D eigenvalue weighted by Crippen LogP contribution is 2.21. The molecule has 0 amide bonds. The van der Waals surface area contributed by atoms with Crippen LogP contribution in [0.15, 0.2) is 0 Å². The molecule has 1 N–H and O–H groups in total. The molecular formula is C14H28N2O2. The van der Waals surface area contributed by atoms with Gasteiger partial charge in [-0.1, -0.05) is 20.8 Å². The minimum atomic E-state index is -0.160. The second-order valence-electron chi connectivity index (χ2n) is 5.63. The number of methoxy groups -OCH3 is 1. The highest BCUT2D eigenvalue weighted by molar-refractivity contribution is 5.75. The molecule has 0 aliphatic carbocycles. The number of nitrogens with zero attached hydrogens (tertiary/aromatic N) is 1. The van der Waals surface area contributed by atoms with Crippen LogP contribution in [0.2, 0.25) is 0 Å². The molecule has 0 aromatic heterocycles. The zero-order valence-electron chi connectivity index (χ0n) is 12.2. The average Bonchev–Trinajstić information content (AvgIpc) is 2.32. The van der Waals surface area contributed by atoms with E-state index in [9.17, 15) is 4.79 Å². The predicted molar refractivity (Wildman–Crippen MR) is 73.5 cm³/mol. The SMILES string of the molecule is CCNC(CCN1CC(C)CC(C)C1)C(=O)OC. The number of likely N-dealkylation sites (N-methyl/N-ethyl adjacent to an activating group) is 1. The fraction of sp³-hybridized carbons (Fsp3) is 0.929. The van der Waals surface area contributed by atoms with Crippen molar-refractivity contribution in [3.05, 3.63) is 0 Å². The lowest BCUT2D eigenvalue weighted by Gasteiger charge is -2.35. The molecule has 0 spiro atoms. The molecule has 3 unspecified atom stereocenters. The van der Waals surface area contributed by atoms with Gasteiger partial charge in [0.25, 0.3) is 0 Å². The zero-order valence-corrected chi connectivity index (χ0v) is 12.2. The Kier molecular flexibility index (Phi) is 6.65. The Morgan fingerprint density at radius 3 is 2.50 bits per heavy atom. The van der Waals surface area contributed by atoms with Crippen LogP contribution in [0.1, 0.15) is 33.6 Å². The van der Waals surface area contributed by atoms with E-state index in [1.54, 1.807) is 0 Å². The lowest BCUT2D eigenvalue weighted by Crippen LogP contribution is -2.44. The summed E-state index contributed by atoms with van der Waals surface area (Å²) in [5.74, 6) is 1.39. The Morgan fingerprint density at radius 2 is 2.00 bits per heavy atom. The van der Waals surface area contributed by atoms with E-state index in [2.05, 4.69) is 24.1 Å². The molecular weight excluding hydrogens is 228 g/mol. The fourth-order valence-electron chi connectivity index (χ4n) is 2.98. The van der Waals surface area contributed by atoms with Gasteiger partial charge in [-0.25, -0.2) is 0 Å². The van der Waals surface area contributed by atoms with Crippen LogP contribution in [0.3, 0.4) is 0 Å². The molecule has 0 radical (unpaired) electrons. The van der Waals surface area contributed by atoms with Crippen molar-refractivity contribution < 1.29 is 9.53 Å². The topological polar surface area (TPSA) is 41.6 Å². The molecule has 4 heteroatoms. The molecule has 106 valence electrons. The van der Waals surface area contributed by atoms with Gasteiger partial charge in [0.2, 0.25) is 0 Å². The summed E-state index contributed by atoms with van der Waals surface area (Å²) >= 11 is 0. The molecule has 18 heavy (non-hydrogen) atoms. The monoisotopic (exact) mass is 256 g/mol. The summed E-state index contributed by atoms with van der Waals surface area (Å²) in [6, 6.07) is -0.160. The smallest absolute Gasteiger partial charge is 0.322 e. The van der Waals surface area contributed by atoms with Gasteiger partial charge in [0.1, 0.15) is 6.04 Å². The van der Waals surface area contributed by atoms with Gasteiger partial charge in [-0.2, -0.15) is 0 Å². The average molecular weight is 256 g/mol. The Bertz CT molecular complexity index is 248. The van der Waals surface area contributed by atoms with Crippen LogP contribution in [0.4, 0.5) is 0 Å². The van der Waals surface area contributed by atoms with E-state index in [4.69, 9.17) is 4.74 Å². The maximum atomic E-state index is 11.6. The largest absolute Gasteiger partial charge is 0.468 e. The second-order valence-corrected chi connectivity index (χ2v) is 5.63. The summed E-state index contributed by atoms with van der Waals surface area (Å²) in [5, 5.41) is 3.19. The van der Waals surface area contributed by atoms with E-state index in [1.807, 2.05) is 6.92 Å². The van der Waals surface area contributed by atoms with Crippen molar-refractivity contribution in [2.24, 2.45) is 11.8 Å². The number of rotatable bonds is 6. The van der Waals surface area contributed by atoms with Crippen LogP contribution >= 0.6 is 0 Å². The standard InChI is InChI=1S/C14H28N2O2/c1-5-15-13(14(17)18-4)6-7-16-9-11(2)8-12(3)10-16/h11-13,15H,5-10H2,1-4H3. The second kappa shape index (κ2) is 7.74. The summed E-state index contributed by atoms with van der Waals surface area (Å²) in [7, 11) is 1.46. The number of hydrogen-bond acceptors (Lipinski definition) is 4. The van der Waals surface area contributed by atoms with Crippen molar-refractivity contribution in [1.82, 2.24) is 10.2 Å². The van der Waals surface area contributed by atoms with Crippen molar-refractivity contribution >= 4 is 5.97 Å². The van der Waals surface area contributed by atoms with Crippen LogP contribution in [0, 0.1) is 11.8 Å². The number of carbonyl (C=O) groups is 1. The molecule has 4 nitrogen and oxygen atoms in total. The first-order valence-electron chi connectivity index (χ1n) is 7.10. The van der Waals surface area contributed by atoms with E-state index < -0.39 is 0 Å². The van der Waals surface area contributed by atoms with Gasteiger partial charge in [0.15, 0.2) is 0 Å². The summed E-state index contributed by atoms with van der Waals surface area (Å²) < 4.78 is 4.83. The van der Waals surface area contributed by atoms with Crippen LogP contribution < -0.4 is 5.32 Å². The highest BCUT2D eigenvalue weighted by Gasteiger charge is 2.24. The third kappa shape index (κ3) is 4.94. The van der Waals surface area contributed by atoms with Gasteiger partial charge in [-0.15, -0.1) is 0 Å². The Labute approximate surface area is 111 Å².